The van der Waals surface area contributed by atoms with Gasteiger partial charge in [0.15, 0.2) is 0 Å². The number of carbonyl (C=O) groups excluding carboxylic acids is 1. The van der Waals surface area contributed by atoms with Crippen LogP contribution in [0.2, 0.25) is 0 Å². The molecule has 0 aliphatic carbocycles. The fraction of sp³-hybridized carbons (Fsp3) is 0.250. The van der Waals surface area contributed by atoms with Crippen molar-refractivity contribution in [3.8, 4) is 0 Å². The van der Waals surface area contributed by atoms with E-state index in [1.54, 1.807) is 12.1 Å². The van der Waals surface area contributed by atoms with Crippen molar-refractivity contribution in [3.63, 3.8) is 0 Å². The van der Waals surface area contributed by atoms with Gasteiger partial charge in [0.2, 0.25) is 0 Å². The predicted molar refractivity (Wildman–Crippen MR) is 122 cm³/mol. The Hall–Kier alpha value is -3.73. The van der Waals surface area contributed by atoms with Gasteiger partial charge < -0.3 is 15.5 Å². The number of pyridine rings is 1. The SMILES string of the molecule is O=C(Nc1ccc(C(F)(F)F)cc1)Nc1ccc(N2CCN(Cc3ccc(F)cc3F)CC2)nc1. The molecule has 2 N–H and O–H groups in total. The molecule has 6 nitrogen and oxygen atoms in total. The Morgan fingerprint density at radius 2 is 1.54 bits per heavy atom. The van der Waals surface area contributed by atoms with Gasteiger partial charge in [-0.3, -0.25) is 4.90 Å². The number of alkyl halides is 3. The average Bonchev–Trinajstić information content (AvgIpc) is 2.82. The lowest BCUT2D eigenvalue weighted by Gasteiger charge is -2.35. The van der Waals surface area contributed by atoms with E-state index in [9.17, 15) is 26.7 Å². The standard InChI is InChI=1S/C24H22F5N5O/c25-18-4-1-16(21(26)13-18)15-33-9-11-34(12-10-33)22-8-7-20(14-30-22)32-23(35)31-19-5-2-17(3-6-19)24(27,28)29/h1-8,13-14H,9-12,15H2,(H2,31,32,35). The Balaban J connectivity index is 1.26. The molecule has 2 amide bonds. The molecule has 0 saturated carbocycles. The van der Waals surface area contributed by atoms with Gasteiger partial charge in [0.25, 0.3) is 0 Å². The molecule has 0 bridgehead atoms. The van der Waals surface area contributed by atoms with Crippen LogP contribution in [-0.2, 0) is 12.7 Å². The van der Waals surface area contributed by atoms with E-state index in [0.29, 0.717) is 49.8 Å². The third kappa shape index (κ3) is 6.44. The third-order valence-electron chi connectivity index (χ3n) is 5.58. The zero-order chi connectivity index (χ0) is 25.0. The highest BCUT2D eigenvalue weighted by molar-refractivity contribution is 5.99. The van der Waals surface area contributed by atoms with E-state index in [1.165, 1.54) is 30.5 Å². The van der Waals surface area contributed by atoms with Crippen molar-refractivity contribution in [2.45, 2.75) is 12.7 Å². The van der Waals surface area contributed by atoms with Gasteiger partial charge >= 0.3 is 12.2 Å². The number of amides is 2. The lowest BCUT2D eigenvalue weighted by atomic mass is 10.1. The maximum absolute atomic E-state index is 13.9. The molecule has 1 saturated heterocycles. The number of nitrogens with zero attached hydrogens (tertiary/aromatic N) is 3. The molecule has 1 aromatic heterocycles. The Morgan fingerprint density at radius 3 is 2.14 bits per heavy atom. The summed E-state index contributed by atoms with van der Waals surface area (Å²) in [5.41, 5.74) is 0.289. The summed E-state index contributed by atoms with van der Waals surface area (Å²) in [4.78, 5) is 20.7. The van der Waals surface area contributed by atoms with Crippen LogP contribution in [0, 0.1) is 11.6 Å². The number of nitrogens with one attached hydrogen (secondary N) is 2. The van der Waals surface area contributed by atoms with Gasteiger partial charge in [-0.2, -0.15) is 13.2 Å². The van der Waals surface area contributed by atoms with Crippen LogP contribution in [0.15, 0.2) is 60.8 Å². The summed E-state index contributed by atoms with van der Waals surface area (Å²) in [6.07, 6.45) is -2.96. The molecule has 1 fully saturated rings. The number of urea groups is 1. The molecule has 35 heavy (non-hydrogen) atoms. The quantitative estimate of drug-likeness (QED) is 0.473. The summed E-state index contributed by atoms with van der Waals surface area (Å²) in [6.45, 7) is 3.07. The fourth-order valence-electron chi connectivity index (χ4n) is 3.71. The molecule has 1 aliphatic rings. The van der Waals surface area contributed by atoms with Gasteiger partial charge in [-0.25, -0.2) is 18.6 Å². The topological polar surface area (TPSA) is 60.5 Å². The summed E-state index contributed by atoms with van der Waals surface area (Å²) >= 11 is 0. The molecule has 4 rings (SSSR count). The molecule has 11 heteroatoms. The Morgan fingerprint density at radius 1 is 0.886 bits per heavy atom. The highest BCUT2D eigenvalue weighted by atomic mass is 19.4. The molecule has 0 unspecified atom stereocenters. The van der Waals surface area contributed by atoms with E-state index in [4.69, 9.17) is 0 Å². The van der Waals surface area contributed by atoms with Crippen LogP contribution in [0.4, 0.5) is 43.9 Å². The number of aromatic nitrogens is 1. The van der Waals surface area contributed by atoms with E-state index in [-0.39, 0.29) is 5.69 Å². The highest BCUT2D eigenvalue weighted by Gasteiger charge is 2.30. The summed E-state index contributed by atoms with van der Waals surface area (Å²) in [6, 6.07) is 10.5. The van der Waals surface area contributed by atoms with Gasteiger partial charge in [-0.15, -0.1) is 0 Å². The molecule has 0 atom stereocenters. The molecule has 1 aliphatic heterocycles. The van der Waals surface area contributed by atoms with Crippen molar-refractivity contribution in [2.75, 3.05) is 41.7 Å². The van der Waals surface area contributed by atoms with Crippen molar-refractivity contribution < 1.29 is 26.7 Å². The summed E-state index contributed by atoms with van der Waals surface area (Å²) in [5.74, 6) is -0.442. The molecule has 3 aromatic rings. The van der Waals surface area contributed by atoms with E-state index in [0.717, 1.165) is 18.2 Å². The minimum absolute atomic E-state index is 0.221. The second-order valence-corrected chi connectivity index (χ2v) is 8.06. The summed E-state index contributed by atoms with van der Waals surface area (Å²) < 4.78 is 64.9. The third-order valence-corrected chi connectivity index (χ3v) is 5.58. The number of carbonyl (C=O) groups is 1. The molecule has 0 spiro atoms. The zero-order valence-electron chi connectivity index (χ0n) is 18.4. The van der Waals surface area contributed by atoms with Crippen molar-refractivity contribution in [3.05, 3.63) is 83.6 Å². The van der Waals surface area contributed by atoms with Crippen LogP contribution in [0.3, 0.4) is 0 Å². The van der Waals surface area contributed by atoms with Gasteiger partial charge in [-0.1, -0.05) is 6.07 Å². The first-order valence-corrected chi connectivity index (χ1v) is 10.8. The molecular weight excluding hydrogens is 469 g/mol. The van der Waals surface area contributed by atoms with Crippen molar-refractivity contribution in [1.82, 2.24) is 9.88 Å². The largest absolute Gasteiger partial charge is 0.416 e. The minimum atomic E-state index is -4.44. The molecule has 2 aromatic carbocycles. The maximum Gasteiger partial charge on any atom is 0.416 e. The van der Waals surface area contributed by atoms with Crippen LogP contribution in [0.1, 0.15) is 11.1 Å². The zero-order valence-corrected chi connectivity index (χ0v) is 18.4. The predicted octanol–water partition coefficient (Wildman–Crippen LogP) is 5.34. The first-order chi connectivity index (χ1) is 16.7. The summed E-state index contributed by atoms with van der Waals surface area (Å²) in [7, 11) is 0. The molecule has 2 heterocycles. The van der Waals surface area contributed by atoms with E-state index in [1.807, 2.05) is 0 Å². The van der Waals surface area contributed by atoms with E-state index < -0.39 is 29.4 Å². The van der Waals surface area contributed by atoms with Crippen molar-refractivity contribution in [2.24, 2.45) is 0 Å². The van der Waals surface area contributed by atoms with Crippen LogP contribution in [0.5, 0.6) is 0 Å². The van der Waals surface area contributed by atoms with Gasteiger partial charge in [0.05, 0.1) is 17.4 Å². The number of hydrogen-bond donors (Lipinski definition) is 2. The highest BCUT2D eigenvalue weighted by Crippen LogP contribution is 2.29. The number of anilines is 3. The van der Waals surface area contributed by atoms with Crippen LogP contribution >= 0.6 is 0 Å². The van der Waals surface area contributed by atoms with Gasteiger partial charge in [-0.05, 0) is 42.5 Å². The van der Waals surface area contributed by atoms with E-state index in [2.05, 4.69) is 25.4 Å². The van der Waals surface area contributed by atoms with Crippen LogP contribution < -0.4 is 15.5 Å². The van der Waals surface area contributed by atoms with Crippen molar-refractivity contribution in [1.29, 1.82) is 0 Å². The second kappa shape index (κ2) is 10.3. The fourth-order valence-corrected chi connectivity index (χ4v) is 3.71. The number of rotatable bonds is 5. The number of hydrogen-bond acceptors (Lipinski definition) is 4. The Labute approximate surface area is 198 Å². The molecule has 0 radical (unpaired) electrons. The monoisotopic (exact) mass is 491 g/mol. The number of benzene rings is 2. The van der Waals surface area contributed by atoms with Crippen molar-refractivity contribution >= 4 is 23.2 Å². The Kier molecular flexibility index (Phi) is 7.15. The average molecular weight is 491 g/mol. The smallest absolute Gasteiger partial charge is 0.354 e. The molecular formula is C24H22F5N5O. The normalized spacial score (nSPS) is 14.6. The Bertz CT molecular complexity index is 1160. The van der Waals surface area contributed by atoms with Gasteiger partial charge in [0.1, 0.15) is 17.5 Å². The lowest BCUT2D eigenvalue weighted by molar-refractivity contribution is -0.137. The second-order valence-electron chi connectivity index (χ2n) is 8.06. The number of piperazine rings is 1. The lowest BCUT2D eigenvalue weighted by Crippen LogP contribution is -2.46. The minimum Gasteiger partial charge on any atom is -0.354 e. The number of halogens is 5. The maximum atomic E-state index is 13.9. The first kappa shape index (κ1) is 24.4. The van der Waals surface area contributed by atoms with Gasteiger partial charge in [0, 0.05) is 50.0 Å². The van der Waals surface area contributed by atoms with E-state index >= 15 is 0 Å². The first-order valence-electron chi connectivity index (χ1n) is 10.8. The van der Waals surface area contributed by atoms with Crippen LogP contribution in [0.25, 0.3) is 0 Å². The molecule has 184 valence electrons. The summed E-state index contributed by atoms with van der Waals surface area (Å²) in [5, 5.41) is 5.06. The van der Waals surface area contributed by atoms with Crippen LogP contribution in [-0.4, -0.2) is 42.1 Å².